The first-order chi connectivity index (χ1) is 10.1. The molecule has 0 radical (unpaired) electrons. The minimum Gasteiger partial charge on any atom is -0.370 e. The van der Waals surface area contributed by atoms with Crippen LogP contribution in [0.4, 0.5) is 5.69 Å². The topological polar surface area (TPSA) is 50.4 Å². The Kier molecular flexibility index (Phi) is 8.34. The van der Waals surface area contributed by atoms with Crippen LogP contribution in [0, 0.1) is 13.8 Å². The Morgan fingerprint density at radius 1 is 1.09 bits per heavy atom. The fourth-order valence-corrected chi connectivity index (χ4v) is 2.85. The Hall–Kier alpha value is -1.21. The number of anilines is 1. The lowest BCUT2D eigenvalue weighted by Gasteiger charge is -2.08. The zero-order chi connectivity index (χ0) is 15.1. The maximum absolute atomic E-state index is 5.91. The molecule has 0 aliphatic carbocycles. The Morgan fingerprint density at radius 2 is 1.73 bits per heavy atom. The standard InChI is InChI=1S/C17H21N3S.HI/c1-13-10-14(2)12-15(11-13)20-17(18)19-8-9-21-16-6-4-3-5-7-16;/h3-7,10-12H,8-9H2,1-2H3,(H3,18,19,20);1H. The molecule has 0 aliphatic heterocycles. The monoisotopic (exact) mass is 427 g/mol. The van der Waals surface area contributed by atoms with E-state index < -0.39 is 0 Å². The van der Waals surface area contributed by atoms with E-state index in [4.69, 9.17) is 5.73 Å². The molecule has 0 heterocycles. The molecule has 0 bridgehead atoms. The number of aliphatic imine (C=N–C) groups is 1. The first kappa shape index (κ1) is 18.8. The van der Waals surface area contributed by atoms with Gasteiger partial charge in [0.2, 0.25) is 0 Å². The van der Waals surface area contributed by atoms with Crippen molar-refractivity contribution in [2.24, 2.45) is 10.7 Å². The highest BCUT2D eigenvalue weighted by molar-refractivity contribution is 14.0. The number of halogens is 1. The molecule has 118 valence electrons. The van der Waals surface area contributed by atoms with Gasteiger partial charge in [-0.2, -0.15) is 0 Å². The summed E-state index contributed by atoms with van der Waals surface area (Å²) in [5.74, 6) is 1.38. The van der Waals surface area contributed by atoms with Gasteiger partial charge in [0, 0.05) is 16.3 Å². The summed E-state index contributed by atoms with van der Waals surface area (Å²) in [5.41, 5.74) is 9.33. The van der Waals surface area contributed by atoms with Crippen LogP contribution in [0.1, 0.15) is 11.1 Å². The van der Waals surface area contributed by atoms with Gasteiger partial charge < -0.3 is 11.1 Å². The van der Waals surface area contributed by atoms with Gasteiger partial charge in [0.1, 0.15) is 0 Å². The zero-order valence-corrected chi connectivity index (χ0v) is 16.0. The highest BCUT2D eigenvalue weighted by atomic mass is 127. The third kappa shape index (κ3) is 6.70. The number of aryl methyl sites for hydroxylation is 2. The Morgan fingerprint density at radius 3 is 2.36 bits per heavy atom. The van der Waals surface area contributed by atoms with E-state index in [2.05, 4.69) is 54.5 Å². The third-order valence-electron chi connectivity index (χ3n) is 2.88. The summed E-state index contributed by atoms with van der Waals surface area (Å²) in [6, 6.07) is 16.6. The molecule has 0 unspecified atom stereocenters. The summed E-state index contributed by atoms with van der Waals surface area (Å²) in [6.45, 7) is 4.84. The van der Waals surface area contributed by atoms with Crippen molar-refractivity contribution < 1.29 is 0 Å². The van der Waals surface area contributed by atoms with E-state index in [1.54, 1.807) is 11.8 Å². The maximum atomic E-state index is 5.91. The number of nitrogens with two attached hydrogens (primary N) is 1. The third-order valence-corrected chi connectivity index (χ3v) is 3.87. The van der Waals surface area contributed by atoms with Crippen LogP contribution in [0.15, 0.2) is 58.4 Å². The molecule has 0 atom stereocenters. The van der Waals surface area contributed by atoms with E-state index in [0.29, 0.717) is 12.5 Å². The minimum atomic E-state index is 0. The van der Waals surface area contributed by atoms with Gasteiger partial charge in [0.25, 0.3) is 0 Å². The Labute approximate surface area is 153 Å². The molecular weight excluding hydrogens is 405 g/mol. The zero-order valence-electron chi connectivity index (χ0n) is 12.9. The number of guanidine groups is 1. The predicted molar refractivity (Wildman–Crippen MR) is 109 cm³/mol. The van der Waals surface area contributed by atoms with Crippen molar-refractivity contribution in [1.82, 2.24) is 0 Å². The molecule has 22 heavy (non-hydrogen) atoms. The molecule has 2 rings (SSSR count). The van der Waals surface area contributed by atoms with E-state index in [1.807, 2.05) is 18.2 Å². The largest absolute Gasteiger partial charge is 0.370 e. The summed E-state index contributed by atoms with van der Waals surface area (Å²) in [4.78, 5) is 5.61. The normalized spacial score (nSPS) is 10.9. The van der Waals surface area contributed by atoms with Crippen molar-refractivity contribution in [3.63, 3.8) is 0 Å². The lowest BCUT2D eigenvalue weighted by Crippen LogP contribution is -2.23. The molecule has 0 saturated heterocycles. The molecular formula is C17H22IN3S. The van der Waals surface area contributed by atoms with Gasteiger partial charge in [0.15, 0.2) is 5.96 Å². The van der Waals surface area contributed by atoms with E-state index in [9.17, 15) is 0 Å². The molecule has 2 aromatic rings. The fourth-order valence-electron chi connectivity index (χ4n) is 2.08. The van der Waals surface area contributed by atoms with Crippen molar-refractivity contribution in [2.45, 2.75) is 18.7 Å². The smallest absolute Gasteiger partial charge is 0.193 e. The molecule has 0 amide bonds. The van der Waals surface area contributed by atoms with Gasteiger partial charge in [-0.05, 0) is 49.2 Å². The predicted octanol–water partition coefficient (Wildman–Crippen LogP) is 4.44. The minimum absolute atomic E-state index is 0. The molecule has 3 nitrogen and oxygen atoms in total. The lowest BCUT2D eigenvalue weighted by molar-refractivity contribution is 1.13. The number of benzene rings is 2. The molecule has 0 aromatic heterocycles. The van der Waals surface area contributed by atoms with Crippen molar-refractivity contribution in [3.05, 3.63) is 59.7 Å². The van der Waals surface area contributed by atoms with E-state index in [0.717, 1.165) is 11.4 Å². The van der Waals surface area contributed by atoms with E-state index >= 15 is 0 Å². The van der Waals surface area contributed by atoms with Crippen LogP contribution in [0.3, 0.4) is 0 Å². The van der Waals surface area contributed by atoms with Crippen LogP contribution >= 0.6 is 35.7 Å². The second-order valence-corrected chi connectivity index (χ2v) is 6.10. The molecule has 0 saturated carbocycles. The van der Waals surface area contributed by atoms with Crippen molar-refractivity contribution in [2.75, 3.05) is 17.6 Å². The van der Waals surface area contributed by atoms with Crippen molar-refractivity contribution in [3.8, 4) is 0 Å². The van der Waals surface area contributed by atoms with Crippen LogP contribution < -0.4 is 11.1 Å². The molecule has 0 spiro atoms. The molecule has 0 aliphatic rings. The summed E-state index contributed by atoms with van der Waals surface area (Å²) >= 11 is 1.78. The SMILES string of the molecule is Cc1cc(C)cc(NC(N)=NCCSc2ccccc2)c1.I. The summed E-state index contributed by atoms with van der Waals surface area (Å²) in [6.07, 6.45) is 0. The van der Waals surface area contributed by atoms with Gasteiger partial charge in [-0.25, -0.2) is 0 Å². The Bertz CT molecular complexity index is 594. The van der Waals surface area contributed by atoms with Gasteiger partial charge in [0.05, 0.1) is 6.54 Å². The average molecular weight is 427 g/mol. The highest BCUT2D eigenvalue weighted by Crippen LogP contribution is 2.16. The van der Waals surface area contributed by atoms with Crippen LogP contribution in [0.25, 0.3) is 0 Å². The van der Waals surface area contributed by atoms with Crippen molar-refractivity contribution >= 4 is 47.4 Å². The molecule has 2 aromatic carbocycles. The maximum Gasteiger partial charge on any atom is 0.193 e. The second-order valence-electron chi connectivity index (χ2n) is 4.93. The van der Waals surface area contributed by atoms with Gasteiger partial charge in [-0.3, -0.25) is 4.99 Å². The van der Waals surface area contributed by atoms with Gasteiger partial charge >= 0.3 is 0 Å². The van der Waals surface area contributed by atoms with Crippen LogP contribution in [-0.4, -0.2) is 18.3 Å². The summed E-state index contributed by atoms with van der Waals surface area (Å²) in [7, 11) is 0. The molecule has 3 N–H and O–H groups in total. The van der Waals surface area contributed by atoms with Crippen LogP contribution in [-0.2, 0) is 0 Å². The van der Waals surface area contributed by atoms with Gasteiger partial charge in [-0.15, -0.1) is 35.7 Å². The number of thioether (sulfide) groups is 1. The number of hydrogen-bond acceptors (Lipinski definition) is 2. The van der Waals surface area contributed by atoms with E-state index in [-0.39, 0.29) is 24.0 Å². The fraction of sp³-hybridized carbons (Fsp3) is 0.235. The first-order valence-corrected chi connectivity index (χ1v) is 7.95. The van der Waals surface area contributed by atoms with Gasteiger partial charge in [-0.1, -0.05) is 24.3 Å². The lowest BCUT2D eigenvalue weighted by atomic mass is 10.1. The molecule has 0 fully saturated rings. The summed E-state index contributed by atoms with van der Waals surface area (Å²) < 4.78 is 0. The van der Waals surface area contributed by atoms with E-state index in [1.165, 1.54) is 16.0 Å². The number of rotatable bonds is 5. The first-order valence-electron chi connectivity index (χ1n) is 6.96. The molecule has 5 heteroatoms. The van der Waals surface area contributed by atoms with Crippen LogP contribution in [0.5, 0.6) is 0 Å². The highest BCUT2D eigenvalue weighted by Gasteiger charge is 1.98. The number of nitrogens with zero attached hydrogens (tertiary/aromatic N) is 1. The van der Waals surface area contributed by atoms with Crippen LogP contribution in [0.2, 0.25) is 0 Å². The number of hydrogen-bond donors (Lipinski definition) is 2. The average Bonchev–Trinajstić information content (AvgIpc) is 2.43. The van der Waals surface area contributed by atoms with Crippen molar-refractivity contribution in [1.29, 1.82) is 0 Å². The summed E-state index contributed by atoms with van der Waals surface area (Å²) in [5, 5.41) is 3.14. The number of nitrogens with one attached hydrogen (secondary N) is 1. The Balaban J connectivity index is 0.00000242. The second kappa shape index (κ2) is 9.74. The quantitative estimate of drug-likeness (QED) is 0.244.